The summed E-state index contributed by atoms with van der Waals surface area (Å²) in [6, 6.07) is 14.3. The number of nitrogens with zero attached hydrogens (tertiary/aromatic N) is 3. The Morgan fingerprint density at radius 1 is 1.19 bits per heavy atom. The second-order valence-electron chi connectivity index (χ2n) is 6.53. The number of carboxylic acids is 1. The van der Waals surface area contributed by atoms with E-state index in [1.807, 2.05) is 30.3 Å². The van der Waals surface area contributed by atoms with E-state index >= 15 is 0 Å². The lowest BCUT2D eigenvalue weighted by molar-refractivity contribution is -0.137. The van der Waals surface area contributed by atoms with Gasteiger partial charge in [0.05, 0.1) is 18.4 Å². The van der Waals surface area contributed by atoms with Crippen molar-refractivity contribution in [1.82, 2.24) is 14.7 Å². The van der Waals surface area contributed by atoms with Crippen LogP contribution in [0.5, 0.6) is 0 Å². The van der Waals surface area contributed by atoms with Crippen molar-refractivity contribution in [3.8, 4) is 17.1 Å². The maximum atomic E-state index is 13.3. The van der Waals surface area contributed by atoms with Crippen LogP contribution in [0, 0.1) is 0 Å². The van der Waals surface area contributed by atoms with Gasteiger partial charge >= 0.3 is 5.97 Å². The number of furan rings is 1. The first-order valence-corrected chi connectivity index (χ1v) is 8.85. The monoisotopic (exact) mass is 365 g/mol. The highest BCUT2D eigenvalue weighted by Crippen LogP contribution is 2.27. The number of para-hydroxylation sites is 1. The summed E-state index contributed by atoms with van der Waals surface area (Å²) in [5.74, 6) is -0.539. The molecule has 3 aromatic rings. The van der Waals surface area contributed by atoms with Crippen LogP contribution in [-0.4, -0.2) is 44.3 Å². The fraction of sp³-hybridized carbons (Fsp3) is 0.250. The van der Waals surface area contributed by atoms with Crippen LogP contribution in [0.2, 0.25) is 0 Å². The summed E-state index contributed by atoms with van der Waals surface area (Å²) in [7, 11) is 0. The van der Waals surface area contributed by atoms with Crippen molar-refractivity contribution < 1.29 is 19.1 Å². The molecule has 1 saturated heterocycles. The van der Waals surface area contributed by atoms with Crippen LogP contribution >= 0.6 is 0 Å². The number of aliphatic carboxylic acids is 1. The highest BCUT2D eigenvalue weighted by Gasteiger charge is 2.33. The first-order valence-electron chi connectivity index (χ1n) is 8.85. The molecular formula is C20H19N3O4. The summed E-state index contributed by atoms with van der Waals surface area (Å²) in [4.78, 5) is 26.0. The first-order chi connectivity index (χ1) is 13.1. The first kappa shape index (κ1) is 17.1. The minimum Gasteiger partial charge on any atom is -0.481 e. The summed E-state index contributed by atoms with van der Waals surface area (Å²) < 4.78 is 7.02. The van der Waals surface area contributed by atoms with E-state index in [2.05, 4.69) is 5.10 Å². The van der Waals surface area contributed by atoms with Gasteiger partial charge in [0.2, 0.25) is 0 Å². The lowest BCUT2D eigenvalue weighted by Crippen LogP contribution is -2.37. The van der Waals surface area contributed by atoms with Crippen LogP contribution in [0.1, 0.15) is 29.8 Å². The molecule has 1 unspecified atom stereocenters. The average molecular weight is 365 g/mol. The molecule has 1 aliphatic heterocycles. The Labute approximate surface area is 155 Å². The second-order valence-corrected chi connectivity index (χ2v) is 6.53. The van der Waals surface area contributed by atoms with Crippen LogP contribution in [0.4, 0.5) is 0 Å². The van der Waals surface area contributed by atoms with Gasteiger partial charge in [-0.15, -0.1) is 0 Å². The molecule has 1 N–H and O–H groups in total. The number of hydrogen-bond donors (Lipinski definition) is 1. The van der Waals surface area contributed by atoms with E-state index in [0.29, 0.717) is 30.1 Å². The highest BCUT2D eigenvalue weighted by atomic mass is 16.4. The van der Waals surface area contributed by atoms with E-state index in [1.54, 1.807) is 34.0 Å². The van der Waals surface area contributed by atoms with Gasteiger partial charge in [0.15, 0.2) is 5.76 Å². The number of benzene rings is 1. The van der Waals surface area contributed by atoms with E-state index in [4.69, 9.17) is 9.52 Å². The van der Waals surface area contributed by atoms with Gasteiger partial charge in [-0.25, -0.2) is 4.68 Å². The third kappa shape index (κ3) is 3.36. The number of carbonyl (C=O) groups excluding carboxylic acids is 1. The van der Waals surface area contributed by atoms with E-state index in [0.717, 1.165) is 12.1 Å². The van der Waals surface area contributed by atoms with E-state index in [-0.39, 0.29) is 18.4 Å². The van der Waals surface area contributed by atoms with Crippen LogP contribution in [0.25, 0.3) is 17.1 Å². The number of likely N-dealkylation sites (tertiary alicyclic amines) is 1. The Bertz CT molecular complexity index is 947. The predicted molar refractivity (Wildman–Crippen MR) is 97.6 cm³/mol. The van der Waals surface area contributed by atoms with E-state index in [9.17, 15) is 9.59 Å². The Kier molecular flexibility index (Phi) is 4.50. The van der Waals surface area contributed by atoms with E-state index < -0.39 is 5.97 Å². The molecule has 1 fully saturated rings. The smallest absolute Gasteiger partial charge is 0.305 e. The standard InChI is InChI=1S/C20H19N3O4/c24-19(25)12-15-8-4-10-22(15)20(26)17-13-16(18-9-5-11-27-18)21-23(17)14-6-2-1-3-7-14/h1-3,5-7,9,11,13,15H,4,8,10,12H2,(H,24,25). The Morgan fingerprint density at radius 2 is 2.00 bits per heavy atom. The van der Waals surface area contributed by atoms with Crippen molar-refractivity contribution >= 4 is 11.9 Å². The normalized spacial score (nSPS) is 16.6. The zero-order chi connectivity index (χ0) is 18.8. The molecule has 1 atom stereocenters. The highest BCUT2D eigenvalue weighted by molar-refractivity contribution is 5.95. The zero-order valence-corrected chi connectivity index (χ0v) is 14.6. The quantitative estimate of drug-likeness (QED) is 0.750. The lowest BCUT2D eigenvalue weighted by Gasteiger charge is -2.23. The molecule has 2 aromatic heterocycles. The number of carbonyl (C=O) groups is 2. The number of carboxylic acid groups (broad SMARTS) is 1. The molecular weight excluding hydrogens is 346 g/mol. The third-order valence-electron chi connectivity index (χ3n) is 4.75. The summed E-state index contributed by atoms with van der Waals surface area (Å²) in [6.45, 7) is 0.548. The zero-order valence-electron chi connectivity index (χ0n) is 14.6. The molecule has 0 saturated carbocycles. The SMILES string of the molecule is O=C(O)CC1CCCN1C(=O)c1cc(-c2ccco2)nn1-c1ccccc1. The van der Waals surface area contributed by atoms with Crippen molar-refractivity contribution in [2.45, 2.75) is 25.3 Å². The maximum Gasteiger partial charge on any atom is 0.305 e. The van der Waals surface area contributed by atoms with Crippen molar-refractivity contribution in [1.29, 1.82) is 0 Å². The van der Waals surface area contributed by atoms with Crippen LogP contribution < -0.4 is 0 Å². The van der Waals surface area contributed by atoms with Gasteiger partial charge in [0.1, 0.15) is 11.4 Å². The van der Waals surface area contributed by atoms with Gasteiger partial charge in [-0.1, -0.05) is 18.2 Å². The molecule has 7 heteroatoms. The third-order valence-corrected chi connectivity index (χ3v) is 4.75. The predicted octanol–water partition coefficient (Wildman–Crippen LogP) is 3.21. The molecule has 1 aromatic carbocycles. The second kappa shape index (κ2) is 7.11. The summed E-state index contributed by atoms with van der Waals surface area (Å²) >= 11 is 0. The maximum absolute atomic E-state index is 13.3. The summed E-state index contributed by atoms with van der Waals surface area (Å²) in [5, 5.41) is 13.7. The Hall–Kier alpha value is -3.35. The van der Waals surface area contributed by atoms with Gasteiger partial charge < -0.3 is 14.4 Å². The van der Waals surface area contributed by atoms with Gasteiger partial charge in [0.25, 0.3) is 5.91 Å². The van der Waals surface area contributed by atoms with Crippen molar-refractivity contribution in [2.24, 2.45) is 0 Å². The molecule has 0 radical (unpaired) electrons. The minimum atomic E-state index is -0.896. The molecule has 4 rings (SSSR count). The van der Waals surface area contributed by atoms with Crippen LogP contribution in [0.15, 0.2) is 59.2 Å². The molecule has 0 spiro atoms. The molecule has 7 nitrogen and oxygen atoms in total. The number of aromatic nitrogens is 2. The minimum absolute atomic E-state index is 0.0454. The Morgan fingerprint density at radius 3 is 2.70 bits per heavy atom. The fourth-order valence-corrected chi connectivity index (χ4v) is 3.51. The number of amides is 1. The van der Waals surface area contributed by atoms with Gasteiger partial charge in [-0.3, -0.25) is 9.59 Å². The molecule has 27 heavy (non-hydrogen) atoms. The largest absolute Gasteiger partial charge is 0.481 e. The van der Waals surface area contributed by atoms with E-state index in [1.165, 1.54) is 0 Å². The van der Waals surface area contributed by atoms with Gasteiger partial charge in [0, 0.05) is 18.7 Å². The Balaban J connectivity index is 1.74. The van der Waals surface area contributed by atoms with Crippen molar-refractivity contribution in [3.63, 3.8) is 0 Å². The topological polar surface area (TPSA) is 88.6 Å². The number of rotatable bonds is 5. The number of hydrogen-bond acceptors (Lipinski definition) is 4. The molecule has 0 bridgehead atoms. The molecule has 0 aliphatic carbocycles. The average Bonchev–Trinajstić information content (AvgIpc) is 3.41. The van der Waals surface area contributed by atoms with Crippen molar-refractivity contribution in [3.05, 3.63) is 60.5 Å². The van der Waals surface area contributed by atoms with Crippen LogP contribution in [0.3, 0.4) is 0 Å². The lowest BCUT2D eigenvalue weighted by atomic mass is 10.1. The van der Waals surface area contributed by atoms with Crippen molar-refractivity contribution in [2.75, 3.05) is 6.54 Å². The molecule has 1 aliphatic rings. The van der Waals surface area contributed by atoms with Crippen LogP contribution in [-0.2, 0) is 4.79 Å². The summed E-state index contributed by atoms with van der Waals surface area (Å²) in [6.07, 6.45) is 3.01. The van der Waals surface area contributed by atoms with Gasteiger partial charge in [-0.2, -0.15) is 5.10 Å². The molecule has 138 valence electrons. The fourth-order valence-electron chi connectivity index (χ4n) is 3.51. The molecule has 3 heterocycles. The molecule has 1 amide bonds. The van der Waals surface area contributed by atoms with Gasteiger partial charge in [-0.05, 0) is 37.1 Å². The summed E-state index contributed by atoms with van der Waals surface area (Å²) in [5.41, 5.74) is 1.71.